The topological polar surface area (TPSA) is 97.5 Å². The summed E-state index contributed by atoms with van der Waals surface area (Å²) in [5.41, 5.74) is 0.571. The molecule has 0 aliphatic carbocycles. The number of thioether (sulfide) groups is 1. The number of sulfone groups is 1. The van der Waals surface area contributed by atoms with Gasteiger partial charge in [0, 0.05) is 22.8 Å². The number of hydrogen-bond donors (Lipinski definition) is 1. The van der Waals surface area contributed by atoms with Crippen molar-refractivity contribution in [3.05, 3.63) is 29.0 Å². The molecule has 0 atom stereocenters. The van der Waals surface area contributed by atoms with E-state index < -0.39 is 15.8 Å². The van der Waals surface area contributed by atoms with Crippen molar-refractivity contribution in [2.24, 2.45) is 0 Å². The molecule has 0 saturated carbocycles. The third-order valence-corrected chi connectivity index (χ3v) is 5.14. The van der Waals surface area contributed by atoms with Crippen molar-refractivity contribution in [3.8, 4) is 11.3 Å². The van der Waals surface area contributed by atoms with Crippen LogP contribution in [0.2, 0.25) is 5.02 Å². The van der Waals surface area contributed by atoms with Gasteiger partial charge in [0.2, 0.25) is 5.76 Å². The zero-order chi connectivity index (χ0) is 15.8. The Labute approximate surface area is 130 Å². The van der Waals surface area contributed by atoms with Crippen LogP contribution in [0.15, 0.2) is 32.5 Å². The molecule has 9 heteroatoms. The summed E-state index contributed by atoms with van der Waals surface area (Å²) in [5.74, 6) is -1.60. The first-order valence-corrected chi connectivity index (χ1v) is 9.01. The highest BCUT2D eigenvalue weighted by molar-refractivity contribution is 7.99. The zero-order valence-electron chi connectivity index (χ0n) is 11.0. The molecule has 0 unspecified atom stereocenters. The third kappa shape index (κ3) is 3.22. The van der Waals surface area contributed by atoms with E-state index in [1.807, 2.05) is 0 Å². The molecule has 1 N–H and O–H groups in total. The van der Waals surface area contributed by atoms with Crippen LogP contribution in [0.25, 0.3) is 11.3 Å². The van der Waals surface area contributed by atoms with Gasteiger partial charge < -0.3 is 9.63 Å². The van der Waals surface area contributed by atoms with Gasteiger partial charge in [-0.05, 0) is 18.4 Å². The Morgan fingerprint density at radius 1 is 1.38 bits per heavy atom. The Morgan fingerprint density at radius 3 is 2.52 bits per heavy atom. The molecule has 0 bridgehead atoms. The van der Waals surface area contributed by atoms with Gasteiger partial charge in [-0.2, -0.15) is 0 Å². The standard InChI is InChI=1S/C12H10ClNO5S2/c1-20-11-7(13)3-6(4-10(11)21(2,17)18)8-5-9(12(15)16)19-14-8/h3-5H,1-2H3,(H,15,16). The molecule has 1 aromatic carbocycles. The van der Waals surface area contributed by atoms with Crippen molar-refractivity contribution in [2.75, 3.05) is 12.5 Å². The molecule has 0 amide bonds. The molecule has 1 heterocycles. The second-order valence-electron chi connectivity index (χ2n) is 4.14. The fourth-order valence-corrected chi connectivity index (χ4v) is 4.21. The van der Waals surface area contributed by atoms with E-state index in [4.69, 9.17) is 16.7 Å². The molecular weight excluding hydrogens is 338 g/mol. The molecule has 0 aliphatic heterocycles. The van der Waals surface area contributed by atoms with Crippen LogP contribution in [0.3, 0.4) is 0 Å². The van der Waals surface area contributed by atoms with Gasteiger partial charge in [0.05, 0.1) is 9.92 Å². The van der Waals surface area contributed by atoms with E-state index in [0.29, 0.717) is 10.5 Å². The van der Waals surface area contributed by atoms with Crippen molar-refractivity contribution in [3.63, 3.8) is 0 Å². The SMILES string of the molecule is CSc1c(Cl)cc(-c2cc(C(=O)O)on2)cc1S(C)(=O)=O. The number of carboxylic acids is 1. The minimum absolute atomic E-state index is 0.0670. The molecule has 0 aliphatic rings. The summed E-state index contributed by atoms with van der Waals surface area (Å²) in [7, 11) is -3.49. The summed E-state index contributed by atoms with van der Waals surface area (Å²) >= 11 is 7.31. The Hall–Kier alpha value is -1.51. The Balaban J connectivity index is 2.65. The molecule has 0 saturated heterocycles. The maximum Gasteiger partial charge on any atom is 0.374 e. The third-order valence-electron chi connectivity index (χ3n) is 2.63. The highest BCUT2D eigenvalue weighted by Crippen LogP contribution is 2.36. The number of carbonyl (C=O) groups is 1. The normalized spacial score (nSPS) is 11.6. The van der Waals surface area contributed by atoms with Crippen LogP contribution in [-0.4, -0.2) is 37.2 Å². The lowest BCUT2D eigenvalue weighted by atomic mass is 10.1. The van der Waals surface area contributed by atoms with Gasteiger partial charge in [-0.3, -0.25) is 0 Å². The number of hydrogen-bond acceptors (Lipinski definition) is 6. The molecule has 112 valence electrons. The van der Waals surface area contributed by atoms with Gasteiger partial charge in [-0.15, -0.1) is 11.8 Å². The minimum atomic E-state index is -3.49. The van der Waals surface area contributed by atoms with Crippen LogP contribution in [-0.2, 0) is 9.84 Å². The number of carboxylic acid groups (broad SMARTS) is 1. The highest BCUT2D eigenvalue weighted by Gasteiger charge is 2.20. The average molecular weight is 348 g/mol. The van der Waals surface area contributed by atoms with Gasteiger partial charge in [0.15, 0.2) is 9.84 Å². The van der Waals surface area contributed by atoms with Crippen LogP contribution in [0.1, 0.15) is 10.6 Å². The number of aromatic carboxylic acids is 1. The van der Waals surface area contributed by atoms with Gasteiger partial charge >= 0.3 is 5.97 Å². The molecule has 0 spiro atoms. The lowest BCUT2D eigenvalue weighted by Crippen LogP contribution is -2.00. The highest BCUT2D eigenvalue weighted by atomic mass is 35.5. The van der Waals surface area contributed by atoms with Crippen molar-refractivity contribution in [1.29, 1.82) is 0 Å². The Kier molecular flexibility index (Phi) is 4.31. The quantitative estimate of drug-likeness (QED) is 0.849. The van der Waals surface area contributed by atoms with E-state index in [1.54, 1.807) is 6.26 Å². The summed E-state index contributed by atoms with van der Waals surface area (Å²) in [6.07, 6.45) is 2.79. The first kappa shape index (κ1) is 15.9. The van der Waals surface area contributed by atoms with E-state index in [-0.39, 0.29) is 21.4 Å². The maximum atomic E-state index is 11.9. The van der Waals surface area contributed by atoms with E-state index in [2.05, 4.69) is 9.68 Å². The Morgan fingerprint density at radius 2 is 2.05 bits per heavy atom. The molecule has 2 rings (SSSR count). The number of rotatable bonds is 4. The van der Waals surface area contributed by atoms with Crippen molar-refractivity contribution >= 4 is 39.2 Å². The molecule has 1 aromatic heterocycles. The lowest BCUT2D eigenvalue weighted by molar-refractivity contribution is 0.0652. The first-order valence-electron chi connectivity index (χ1n) is 5.52. The van der Waals surface area contributed by atoms with Crippen LogP contribution in [0, 0.1) is 0 Å². The van der Waals surface area contributed by atoms with Crippen molar-refractivity contribution in [1.82, 2.24) is 5.16 Å². The second-order valence-corrected chi connectivity index (χ2v) is 7.35. The van der Waals surface area contributed by atoms with E-state index in [9.17, 15) is 13.2 Å². The van der Waals surface area contributed by atoms with Crippen LogP contribution in [0.5, 0.6) is 0 Å². The van der Waals surface area contributed by atoms with E-state index in [1.165, 1.54) is 30.0 Å². The monoisotopic (exact) mass is 347 g/mol. The number of benzene rings is 1. The predicted octanol–water partition coefficient (Wildman–Crippen LogP) is 2.82. The maximum absolute atomic E-state index is 11.9. The lowest BCUT2D eigenvalue weighted by Gasteiger charge is -2.09. The molecule has 2 aromatic rings. The fourth-order valence-electron chi connectivity index (χ4n) is 1.70. The average Bonchev–Trinajstić information content (AvgIpc) is 2.86. The summed E-state index contributed by atoms with van der Waals surface area (Å²) in [6.45, 7) is 0. The van der Waals surface area contributed by atoms with Gasteiger partial charge in [-0.1, -0.05) is 16.8 Å². The second kappa shape index (κ2) is 5.70. The van der Waals surface area contributed by atoms with Crippen molar-refractivity contribution < 1.29 is 22.8 Å². The largest absolute Gasteiger partial charge is 0.475 e. The summed E-state index contributed by atoms with van der Waals surface area (Å²) in [6, 6.07) is 4.13. The molecule has 0 radical (unpaired) electrons. The van der Waals surface area contributed by atoms with Gasteiger partial charge in [0.1, 0.15) is 5.69 Å². The van der Waals surface area contributed by atoms with Crippen LogP contribution >= 0.6 is 23.4 Å². The molecule has 0 fully saturated rings. The molecule has 21 heavy (non-hydrogen) atoms. The van der Waals surface area contributed by atoms with Crippen LogP contribution < -0.4 is 0 Å². The van der Waals surface area contributed by atoms with Gasteiger partial charge in [0.25, 0.3) is 0 Å². The van der Waals surface area contributed by atoms with Gasteiger partial charge in [-0.25, -0.2) is 13.2 Å². The zero-order valence-corrected chi connectivity index (χ0v) is 13.3. The summed E-state index contributed by atoms with van der Waals surface area (Å²) in [4.78, 5) is 11.3. The number of halogens is 1. The summed E-state index contributed by atoms with van der Waals surface area (Å²) in [5, 5.41) is 12.7. The smallest absolute Gasteiger partial charge is 0.374 e. The van der Waals surface area contributed by atoms with E-state index >= 15 is 0 Å². The van der Waals surface area contributed by atoms with Crippen molar-refractivity contribution in [2.45, 2.75) is 9.79 Å². The Bertz CT molecular complexity index is 813. The predicted molar refractivity (Wildman–Crippen MR) is 78.8 cm³/mol. The van der Waals surface area contributed by atoms with E-state index in [0.717, 1.165) is 6.26 Å². The number of nitrogens with zero attached hydrogens (tertiary/aromatic N) is 1. The summed E-state index contributed by atoms with van der Waals surface area (Å²) < 4.78 is 28.4. The molecule has 6 nitrogen and oxygen atoms in total. The number of aromatic nitrogens is 1. The fraction of sp³-hybridized carbons (Fsp3) is 0.167. The first-order chi connectivity index (χ1) is 9.74. The molecular formula is C12H10ClNO5S2. The minimum Gasteiger partial charge on any atom is -0.475 e. The van der Waals surface area contributed by atoms with Crippen LogP contribution in [0.4, 0.5) is 0 Å².